The second-order valence-electron chi connectivity index (χ2n) is 6.69. The Morgan fingerprint density at radius 2 is 1.95 bits per heavy atom. The van der Waals surface area contributed by atoms with Crippen LogP contribution in [0.2, 0.25) is 0 Å². The smallest absolute Gasteiger partial charge is 0.317 e. The summed E-state index contributed by atoms with van der Waals surface area (Å²) in [7, 11) is 0.931. The fourth-order valence-corrected chi connectivity index (χ4v) is 5.15. The highest BCUT2D eigenvalue weighted by Gasteiger charge is 2.32. The molecule has 0 aliphatic heterocycles. The molecular formula is C16H30N2O3S. The topological polar surface area (TPSA) is 69.6 Å². The third-order valence-electron chi connectivity index (χ3n) is 5.11. The minimum absolute atomic E-state index is 0.0259. The van der Waals surface area contributed by atoms with E-state index in [0.29, 0.717) is 12.3 Å². The maximum Gasteiger partial charge on any atom is 0.317 e. The number of urea groups is 1. The lowest BCUT2D eigenvalue weighted by atomic mass is 9.95. The molecule has 0 aromatic rings. The fraction of sp³-hybridized carbons (Fsp3) is 0.938. The van der Waals surface area contributed by atoms with Crippen molar-refractivity contribution in [3.63, 3.8) is 0 Å². The first-order chi connectivity index (χ1) is 10.5. The molecule has 0 spiro atoms. The first-order valence-electron chi connectivity index (χ1n) is 8.59. The summed E-state index contributed by atoms with van der Waals surface area (Å²) in [4.78, 5) is 14.1. The number of carbonyl (C=O) groups excluding carboxylic acids is 1. The summed E-state index contributed by atoms with van der Waals surface area (Å²) in [6.07, 6.45) is 6.66. The van der Waals surface area contributed by atoms with Gasteiger partial charge in [-0.25, -0.2) is 4.79 Å². The minimum Gasteiger partial charge on any atom is -0.393 e. The van der Waals surface area contributed by atoms with Gasteiger partial charge in [-0.05, 0) is 25.7 Å². The molecule has 2 aliphatic rings. The number of nitrogens with zero attached hydrogens (tertiary/aromatic N) is 1. The van der Waals surface area contributed by atoms with Crippen molar-refractivity contribution in [2.45, 2.75) is 69.3 Å². The Balaban J connectivity index is 1.87. The van der Waals surface area contributed by atoms with Crippen LogP contribution in [0.5, 0.6) is 0 Å². The van der Waals surface area contributed by atoms with Crippen molar-refractivity contribution in [1.82, 2.24) is 10.2 Å². The lowest BCUT2D eigenvalue weighted by molar-refractivity contribution is 0.113. The molecule has 0 radical (unpaired) electrons. The highest BCUT2D eigenvalue weighted by Crippen LogP contribution is 2.26. The number of aliphatic hydroxyl groups is 1. The van der Waals surface area contributed by atoms with Gasteiger partial charge in [-0.2, -0.15) is 0 Å². The van der Waals surface area contributed by atoms with Gasteiger partial charge in [0, 0.05) is 42.1 Å². The zero-order valence-corrected chi connectivity index (χ0v) is 14.6. The molecule has 5 unspecified atom stereocenters. The molecule has 5 nitrogen and oxygen atoms in total. The van der Waals surface area contributed by atoms with E-state index in [-0.39, 0.29) is 29.3 Å². The molecule has 2 saturated carbocycles. The van der Waals surface area contributed by atoms with Crippen LogP contribution in [0.25, 0.3) is 0 Å². The summed E-state index contributed by atoms with van der Waals surface area (Å²) in [6, 6.07) is -0.0675. The zero-order chi connectivity index (χ0) is 16.1. The van der Waals surface area contributed by atoms with Gasteiger partial charge in [-0.3, -0.25) is 4.21 Å². The van der Waals surface area contributed by atoms with Crippen LogP contribution >= 0.6 is 0 Å². The molecule has 2 rings (SSSR count). The molecule has 0 aromatic heterocycles. The molecule has 2 aliphatic carbocycles. The largest absolute Gasteiger partial charge is 0.393 e. The number of rotatable bonds is 5. The van der Waals surface area contributed by atoms with Crippen molar-refractivity contribution in [1.29, 1.82) is 0 Å². The molecule has 128 valence electrons. The second kappa shape index (κ2) is 8.29. The summed E-state index contributed by atoms with van der Waals surface area (Å²) < 4.78 is 12.2. The van der Waals surface area contributed by atoms with Crippen LogP contribution < -0.4 is 5.32 Å². The van der Waals surface area contributed by atoms with E-state index >= 15 is 0 Å². The summed E-state index contributed by atoms with van der Waals surface area (Å²) in [5, 5.41) is 13.1. The van der Waals surface area contributed by atoms with Crippen LogP contribution in [0, 0.1) is 5.92 Å². The number of nitrogens with one attached hydrogen (secondary N) is 1. The number of carbonyl (C=O) groups is 1. The van der Waals surface area contributed by atoms with Gasteiger partial charge in [-0.1, -0.05) is 26.2 Å². The molecule has 0 saturated heterocycles. The molecule has 0 bridgehead atoms. The zero-order valence-electron chi connectivity index (χ0n) is 13.8. The number of aliphatic hydroxyl groups excluding tert-OH is 1. The highest BCUT2D eigenvalue weighted by atomic mass is 32.2. The second-order valence-corrected chi connectivity index (χ2v) is 8.63. The van der Waals surface area contributed by atoms with E-state index in [1.165, 1.54) is 0 Å². The van der Waals surface area contributed by atoms with Crippen LogP contribution in [-0.2, 0) is 10.8 Å². The first kappa shape index (κ1) is 17.7. The van der Waals surface area contributed by atoms with Gasteiger partial charge >= 0.3 is 6.03 Å². The maximum atomic E-state index is 12.4. The van der Waals surface area contributed by atoms with E-state index in [1.807, 2.05) is 6.92 Å². The van der Waals surface area contributed by atoms with Crippen LogP contribution in [0.3, 0.4) is 0 Å². The molecule has 6 heteroatoms. The number of amides is 2. The molecule has 2 fully saturated rings. The fourth-order valence-electron chi connectivity index (χ4n) is 3.72. The molecule has 0 heterocycles. The molecule has 2 amide bonds. The van der Waals surface area contributed by atoms with Gasteiger partial charge in [0.1, 0.15) is 0 Å². The van der Waals surface area contributed by atoms with E-state index in [0.717, 1.165) is 44.9 Å². The molecule has 5 atom stereocenters. The lowest BCUT2D eigenvalue weighted by Gasteiger charge is -2.33. The van der Waals surface area contributed by atoms with Gasteiger partial charge < -0.3 is 15.3 Å². The van der Waals surface area contributed by atoms with Crippen LogP contribution in [0.4, 0.5) is 4.79 Å². The first-order valence-corrected chi connectivity index (χ1v) is 9.98. The Bertz CT molecular complexity index is 405. The Labute approximate surface area is 136 Å². The highest BCUT2D eigenvalue weighted by molar-refractivity contribution is 7.85. The van der Waals surface area contributed by atoms with Crippen molar-refractivity contribution in [2.24, 2.45) is 5.92 Å². The van der Waals surface area contributed by atoms with Gasteiger partial charge in [0.05, 0.1) is 11.4 Å². The number of hydrogen-bond donors (Lipinski definition) is 2. The Morgan fingerprint density at radius 3 is 2.59 bits per heavy atom. The van der Waals surface area contributed by atoms with E-state index in [9.17, 15) is 14.1 Å². The SMILES string of the molecule is CCS(=O)C1CCCCC1NC(=O)N(C)CC1CCCC1O. The Kier molecular flexibility index (Phi) is 6.68. The molecular weight excluding hydrogens is 300 g/mol. The van der Waals surface area contributed by atoms with Crippen molar-refractivity contribution >= 4 is 16.8 Å². The van der Waals surface area contributed by atoms with E-state index in [4.69, 9.17) is 0 Å². The van der Waals surface area contributed by atoms with E-state index in [1.54, 1.807) is 11.9 Å². The maximum absolute atomic E-state index is 12.4. The van der Waals surface area contributed by atoms with Crippen molar-refractivity contribution in [2.75, 3.05) is 19.3 Å². The standard InChI is InChI=1S/C16H30N2O3S/c1-3-22(21)15-10-5-4-8-13(15)17-16(20)18(2)11-12-7-6-9-14(12)19/h12-15,19H,3-11H2,1-2H3,(H,17,20). The summed E-state index contributed by atoms with van der Waals surface area (Å²) in [5.74, 6) is 0.851. The average Bonchev–Trinajstić information content (AvgIpc) is 2.92. The Morgan fingerprint density at radius 1 is 1.23 bits per heavy atom. The van der Waals surface area contributed by atoms with Crippen molar-refractivity contribution < 1.29 is 14.1 Å². The van der Waals surface area contributed by atoms with Gasteiger partial charge in [-0.15, -0.1) is 0 Å². The summed E-state index contributed by atoms with van der Waals surface area (Å²) in [5.41, 5.74) is 0. The molecule has 2 N–H and O–H groups in total. The van der Waals surface area contributed by atoms with Crippen LogP contribution in [0.15, 0.2) is 0 Å². The third-order valence-corrected chi connectivity index (χ3v) is 6.92. The third kappa shape index (κ3) is 4.44. The van der Waals surface area contributed by atoms with Crippen LogP contribution in [-0.4, -0.2) is 57.0 Å². The summed E-state index contributed by atoms with van der Waals surface area (Å²) in [6.45, 7) is 2.54. The predicted octanol–water partition coefficient (Wildman–Crippen LogP) is 1.87. The number of hydrogen-bond acceptors (Lipinski definition) is 3. The average molecular weight is 330 g/mol. The Hall–Kier alpha value is -0.620. The van der Waals surface area contributed by atoms with Crippen LogP contribution in [0.1, 0.15) is 51.9 Å². The monoisotopic (exact) mass is 330 g/mol. The molecule has 0 aromatic carbocycles. The van der Waals surface area contributed by atoms with Gasteiger partial charge in [0.2, 0.25) is 0 Å². The molecule has 22 heavy (non-hydrogen) atoms. The predicted molar refractivity (Wildman–Crippen MR) is 89.2 cm³/mol. The summed E-state index contributed by atoms with van der Waals surface area (Å²) >= 11 is 0. The van der Waals surface area contributed by atoms with Crippen molar-refractivity contribution in [3.05, 3.63) is 0 Å². The van der Waals surface area contributed by atoms with Crippen molar-refractivity contribution in [3.8, 4) is 0 Å². The lowest BCUT2D eigenvalue weighted by Crippen LogP contribution is -2.51. The van der Waals surface area contributed by atoms with Gasteiger partial charge in [0.15, 0.2) is 0 Å². The van der Waals surface area contributed by atoms with Gasteiger partial charge in [0.25, 0.3) is 0 Å². The van der Waals surface area contributed by atoms with E-state index in [2.05, 4.69) is 5.32 Å². The quantitative estimate of drug-likeness (QED) is 0.808. The normalized spacial score (nSPS) is 33.4. The minimum atomic E-state index is -0.856. The van der Waals surface area contributed by atoms with E-state index < -0.39 is 10.8 Å².